The molecule has 2 atom stereocenters. The van der Waals surface area contributed by atoms with Crippen molar-refractivity contribution in [3.8, 4) is 11.5 Å². The molecule has 1 fully saturated rings. The second-order valence-electron chi connectivity index (χ2n) is 7.07. The van der Waals surface area contributed by atoms with Crippen LogP contribution in [-0.4, -0.2) is 60.1 Å². The molecule has 2 heterocycles. The van der Waals surface area contributed by atoms with Crippen molar-refractivity contribution >= 4 is 29.5 Å². The van der Waals surface area contributed by atoms with Gasteiger partial charge in [0, 0.05) is 12.3 Å². The second kappa shape index (κ2) is 8.02. The third kappa shape index (κ3) is 3.21. The van der Waals surface area contributed by atoms with Gasteiger partial charge < -0.3 is 14.4 Å². The maximum atomic E-state index is 13.3. The molecule has 0 bridgehead atoms. The molecule has 3 amide bonds. The Hall–Kier alpha value is -3.00. The van der Waals surface area contributed by atoms with Crippen LogP contribution in [0.5, 0.6) is 11.5 Å². The minimum atomic E-state index is -0.890. The van der Waals surface area contributed by atoms with Gasteiger partial charge in [0.05, 0.1) is 25.3 Å². The Balaban J connectivity index is 1.59. The number of thioether (sulfide) groups is 1. The normalized spacial score (nSPS) is 19.1. The van der Waals surface area contributed by atoms with Gasteiger partial charge >= 0.3 is 0 Å². The number of ether oxygens (including phenoxy) is 2. The summed E-state index contributed by atoms with van der Waals surface area (Å²) in [6, 6.07) is 11.3. The first-order valence-corrected chi connectivity index (χ1v) is 10.6. The van der Waals surface area contributed by atoms with Crippen LogP contribution in [0.3, 0.4) is 0 Å². The van der Waals surface area contributed by atoms with E-state index in [-0.39, 0.29) is 11.3 Å². The number of methoxy groups -OCH3 is 2. The molecule has 1 saturated heterocycles. The van der Waals surface area contributed by atoms with Crippen molar-refractivity contribution in [3.05, 3.63) is 59.2 Å². The highest BCUT2D eigenvalue weighted by Crippen LogP contribution is 2.41. The van der Waals surface area contributed by atoms with Gasteiger partial charge in [-0.3, -0.25) is 19.3 Å². The molecule has 0 aliphatic carbocycles. The molecule has 2 aliphatic heterocycles. The highest BCUT2D eigenvalue weighted by molar-refractivity contribution is 7.99. The van der Waals surface area contributed by atoms with Gasteiger partial charge in [0.2, 0.25) is 5.91 Å². The standard InChI is InChI=1S/C22H22N2O5S/c1-13(24-20(26)15-6-4-5-7-16(15)21(24)27)19(25)23-10-11-30-22(23)14-8-9-17(28-2)18(12-14)29-3/h4-9,12-13,22H,10-11H2,1-3H3. The molecule has 8 heteroatoms. The molecule has 30 heavy (non-hydrogen) atoms. The number of rotatable bonds is 5. The maximum absolute atomic E-state index is 13.3. The first-order chi connectivity index (χ1) is 14.5. The first kappa shape index (κ1) is 20.3. The second-order valence-corrected chi connectivity index (χ2v) is 8.26. The van der Waals surface area contributed by atoms with E-state index in [0.29, 0.717) is 29.2 Å². The van der Waals surface area contributed by atoms with Crippen LogP contribution in [0.1, 0.15) is 38.6 Å². The fourth-order valence-corrected chi connectivity index (χ4v) is 5.14. The number of fused-ring (bicyclic) bond motifs is 1. The van der Waals surface area contributed by atoms with Crippen molar-refractivity contribution in [2.24, 2.45) is 0 Å². The molecule has 0 saturated carbocycles. The van der Waals surface area contributed by atoms with E-state index < -0.39 is 17.9 Å². The van der Waals surface area contributed by atoms with Gasteiger partial charge in [0.1, 0.15) is 11.4 Å². The largest absolute Gasteiger partial charge is 0.493 e. The molecule has 4 rings (SSSR count). The third-order valence-electron chi connectivity index (χ3n) is 5.44. The van der Waals surface area contributed by atoms with Crippen molar-refractivity contribution in [2.45, 2.75) is 18.3 Å². The predicted molar refractivity (Wildman–Crippen MR) is 113 cm³/mol. The average Bonchev–Trinajstić information content (AvgIpc) is 3.36. The van der Waals surface area contributed by atoms with Crippen LogP contribution >= 0.6 is 11.8 Å². The van der Waals surface area contributed by atoms with Gasteiger partial charge in [0.25, 0.3) is 11.8 Å². The third-order valence-corrected chi connectivity index (χ3v) is 6.70. The Morgan fingerprint density at radius 1 is 1.03 bits per heavy atom. The van der Waals surface area contributed by atoms with Crippen molar-refractivity contribution < 1.29 is 23.9 Å². The highest BCUT2D eigenvalue weighted by Gasteiger charge is 2.43. The van der Waals surface area contributed by atoms with E-state index in [1.54, 1.807) is 62.1 Å². The number of imide groups is 1. The number of benzene rings is 2. The lowest BCUT2D eigenvalue weighted by molar-refractivity contribution is -0.135. The lowest BCUT2D eigenvalue weighted by atomic mass is 10.1. The zero-order valence-corrected chi connectivity index (χ0v) is 17.8. The Labute approximate surface area is 178 Å². The monoisotopic (exact) mass is 426 g/mol. The zero-order chi connectivity index (χ0) is 21.4. The molecule has 2 aromatic carbocycles. The number of nitrogens with zero attached hydrogens (tertiary/aromatic N) is 2. The van der Waals surface area contributed by atoms with Gasteiger partial charge in [-0.05, 0) is 36.8 Å². The number of amides is 3. The molecule has 2 aromatic rings. The minimum absolute atomic E-state index is 0.227. The summed E-state index contributed by atoms with van der Waals surface area (Å²) in [4.78, 5) is 41.7. The SMILES string of the molecule is COc1ccc(C2SCCN2C(=O)C(C)N2C(=O)c3ccccc3C2=O)cc1OC. The van der Waals surface area contributed by atoms with Gasteiger partial charge in [-0.15, -0.1) is 11.8 Å². The summed E-state index contributed by atoms with van der Waals surface area (Å²) in [5, 5.41) is -0.227. The Kier molecular flexibility index (Phi) is 5.42. The van der Waals surface area contributed by atoms with Gasteiger partial charge in [0.15, 0.2) is 11.5 Å². The zero-order valence-electron chi connectivity index (χ0n) is 17.0. The van der Waals surface area contributed by atoms with E-state index in [1.807, 2.05) is 18.2 Å². The summed E-state index contributed by atoms with van der Waals surface area (Å²) < 4.78 is 10.7. The molecule has 0 spiro atoms. The lowest BCUT2D eigenvalue weighted by Gasteiger charge is -2.30. The lowest BCUT2D eigenvalue weighted by Crippen LogP contribution is -2.49. The molecule has 156 valence electrons. The summed E-state index contributed by atoms with van der Waals surface area (Å²) in [5.41, 5.74) is 1.59. The van der Waals surface area contributed by atoms with Gasteiger partial charge in [-0.1, -0.05) is 18.2 Å². The smallest absolute Gasteiger partial charge is 0.262 e. The highest BCUT2D eigenvalue weighted by atomic mass is 32.2. The summed E-state index contributed by atoms with van der Waals surface area (Å²) in [5.74, 6) is 0.857. The van der Waals surface area contributed by atoms with Gasteiger partial charge in [-0.2, -0.15) is 0 Å². The van der Waals surface area contributed by atoms with Crippen molar-refractivity contribution in [1.82, 2.24) is 9.80 Å². The quantitative estimate of drug-likeness (QED) is 0.685. The summed E-state index contributed by atoms with van der Waals surface area (Å²) in [7, 11) is 3.14. The number of hydrogen-bond donors (Lipinski definition) is 0. The number of carbonyl (C=O) groups excluding carboxylic acids is 3. The molecule has 0 N–H and O–H groups in total. The van der Waals surface area contributed by atoms with Crippen LogP contribution in [0, 0.1) is 0 Å². The Bertz CT molecular complexity index is 989. The summed E-state index contributed by atoms with van der Waals surface area (Å²) in [6.07, 6.45) is 0. The molecule has 0 radical (unpaired) electrons. The molecular weight excluding hydrogens is 404 g/mol. The molecule has 2 aliphatic rings. The fraction of sp³-hybridized carbons (Fsp3) is 0.318. The van der Waals surface area contributed by atoms with Crippen LogP contribution in [0.4, 0.5) is 0 Å². The minimum Gasteiger partial charge on any atom is -0.493 e. The van der Waals surface area contributed by atoms with Crippen molar-refractivity contribution in [1.29, 1.82) is 0 Å². The average molecular weight is 426 g/mol. The first-order valence-electron chi connectivity index (χ1n) is 9.59. The fourth-order valence-electron chi connectivity index (χ4n) is 3.89. The van der Waals surface area contributed by atoms with Crippen LogP contribution in [0.25, 0.3) is 0 Å². The summed E-state index contributed by atoms with van der Waals surface area (Å²) >= 11 is 1.63. The Morgan fingerprint density at radius 3 is 2.27 bits per heavy atom. The maximum Gasteiger partial charge on any atom is 0.262 e. The van der Waals surface area contributed by atoms with Crippen LogP contribution < -0.4 is 9.47 Å². The molecule has 0 aromatic heterocycles. The molecular formula is C22H22N2O5S. The molecule has 7 nitrogen and oxygen atoms in total. The Morgan fingerprint density at radius 2 is 1.67 bits per heavy atom. The van der Waals surface area contributed by atoms with Gasteiger partial charge in [-0.25, -0.2) is 0 Å². The predicted octanol–water partition coefficient (Wildman–Crippen LogP) is 2.96. The van der Waals surface area contributed by atoms with E-state index in [2.05, 4.69) is 0 Å². The number of hydrogen-bond acceptors (Lipinski definition) is 6. The van der Waals surface area contributed by atoms with E-state index in [0.717, 1.165) is 16.2 Å². The van der Waals surface area contributed by atoms with Crippen molar-refractivity contribution in [3.63, 3.8) is 0 Å². The van der Waals surface area contributed by atoms with E-state index in [1.165, 1.54) is 0 Å². The molecule has 2 unspecified atom stereocenters. The van der Waals surface area contributed by atoms with E-state index in [4.69, 9.17) is 9.47 Å². The van der Waals surface area contributed by atoms with Crippen LogP contribution in [0.2, 0.25) is 0 Å². The van der Waals surface area contributed by atoms with Crippen LogP contribution in [0.15, 0.2) is 42.5 Å². The van der Waals surface area contributed by atoms with Crippen molar-refractivity contribution in [2.75, 3.05) is 26.5 Å². The van der Waals surface area contributed by atoms with Crippen LogP contribution in [-0.2, 0) is 4.79 Å². The number of carbonyl (C=O) groups is 3. The van der Waals surface area contributed by atoms with E-state index >= 15 is 0 Å². The van der Waals surface area contributed by atoms with E-state index in [9.17, 15) is 14.4 Å². The topological polar surface area (TPSA) is 76.2 Å². The summed E-state index contributed by atoms with van der Waals surface area (Å²) in [6.45, 7) is 2.15.